The average molecular weight is 282 g/mol. The topological polar surface area (TPSA) is 23.8 Å². The van der Waals surface area contributed by atoms with Gasteiger partial charge in [-0.25, -0.2) is 0 Å². The van der Waals surface area contributed by atoms with Crippen molar-refractivity contribution in [3.05, 3.63) is 29.3 Å². The number of hydrogen-bond acceptors (Lipinski definition) is 1. The van der Waals surface area contributed by atoms with Crippen LogP contribution in [0.25, 0.3) is 0 Å². The summed E-state index contributed by atoms with van der Waals surface area (Å²) in [5.41, 5.74) is 3.21. The highest BCUT2D eigenvalue weighted by Gasteiger charge is 2.28. The zero-order valence-electron chi connectivity index (χ0n) is 14.6. The van der Waals surface area contributed by atoms with Crippen LogP contribution < -0.4 is 5.46 Å². The molecule has 1 aromatic rings. The molecule has 0 atom stereocenters. The number of benzene rings is 1. The summed E-state index contributed by atoms with van der Waals surface area (Å²) < 4.78 is 0. The van der Waals surface area contributed by atoms with Gasteiger partial charge in [0.05, 0.1) is 6.07 Å². The van der Waals surface area contributed by atoms with Gasteiger partial charge in [0.1, 0.15) is 0 Å². The minimum atomic E-state index is 0.0541. The molecule has 2 heteroatoms. The Kier molecular flexibility index (Phi) is 6.08. The van der Waals surface area contributed by atoms with E-state index in [1.54, 1.807) is 0 Å². The molecule has 0 amide bonds. The lowest BCUT2D eigenvalue weighted by Crippen LogP contribution is -2.32. The molecule has 0 aromatic heterocycles. The zero-order valence-corrected chi connectivity index (χ0v) is 14.6. The third-order valence-corrected chi connectivity index (χ3v) is 4.93. The van der Waals surface area contributed by atoms with Gasteiger partial charge in [-0.05, 0) is 17.4 Å². The molecule has 0 aliphatic rings. The van der Waals surface area contributed by atoms with Crippen molar-refractivity contribution in [2.75, 3.05) is 0 Å². The molecule has 1 rings (SSSR count). The van der Waals surface area contributed by atoms with E-state index in [0.29, 0.717) is 0 Å². The van der Waals surface area contributed by atoms with Gasteiger partial charge in [0.15, 0.2) is 7.28 Å². The molecule has 0 saturated heterocycles. The highest BCUT2D eigenvalue weighted by atomic mass is 14.3. The van der Waals surface area contributed by atoms with Gasteiger partial charge in [-0.2, -0.15) is 5.26 Å². The molecule has 0 fully saturated rings. The number of rotatable bonds is 7. The minimum absolute atomic E-state index is 0.0541. The van der Waals surface area contributed by atoms with Crippen molar-refractivity contribution < 1.29 is 0 Å². The first-order chi connectivity index (χ1) is 9.83. The minimum Gasteiger partial charge on any atom is -0.192 e. The lowest BCUT2D eigenvalue weighted by atomic mass is 9.46. The normalized spacial score (nSPS) is 12.0. The van der Waals surface area contributed by atoms with Gasteiger partial charge in [0.2, 0.25) is 0 Å². The van der Waals surface area contributed by atoms with Crippen LogP contribution in [-0.2, 0) is 5.41 Å². The second-order valence-corrected chi connectivity index (χ2v) is 7.02. The molecule has 0 spiro atoms. The maximum atomic E-state index is 9.70. The van der Waals surface area contributed by atoms with E-state index < -0.39 is 0 Å². The van der Waals surface area contributed by atoms with Crippen LogP contribution in [0.5, 0.6) is 0 Å². The lowest BCUT2D eigenvalue weighted by molar-refractivity contribution is 0.472. The van der Waals surface area contributed by atoms with Crippen LogP contribution in [0.4, 0.5) is 0 Å². The summed E-state index contributed by atoms with van der Waals surface area (Å²) in [5.74, 6) is 0. The Morgan fingerprint density at radius 3 is 2.19 bits per heavy atom. The van der Waals surface area contributed by atoms with Gasteiger partial charge in [-0.15, -0.1) is 0 Å². The van der Waals surface area contributed by atoms with Crippen molar-refractivity contribution in [3.63, 3.8) is 0 Å². The van der Waals surface area contributed by atoms with Gasteiger partial charge < -0.3 is 0 Å². The quantitative estimate of drug-likeness (QED) is 0.648. The molecule has 0 unspecified atom stereocenters. The number of nitriles is 1. The summed E-state index contributed by atoms with van der Waals surface area (Å²) in [4.78, 5) is 0. The second kappa shape index (κ2) is 7.16. The molecule has 0 N–H and O–H groups in total. The van der Waals surface area contributed by atoms with Crippen LogP contribution >= 0.6 is 0 Å². The SMILES string of the molecule is CCCC(C)(C)c1cccc([B]C(C)(CC)CC)c1C#N. The van der Waals surface area contributed by atoms with Gasteiger partial charge in [0, 0.05) is 5.56 Å². The van der Waals surface area contributed by atoms with E-state index in [1.807, 2.05) is 0 Å². The van der Waals surface area contributed by atoms with E-state index in [9.17, 15) is 5.26 Å². The van der Waals surface area contributed by atoms with Gasteiger partial charge in [-0.3, -0.25) is 0 Å². The Morgan fingerprint density at radius 2 is 1.71 bits per heavy atom. The summed E-state index contributed by atoms with van der Waals surface area (Å²) in [7, 11) is 2.30. The third-order valence-electron chi connectivity index (χ3n) is 4.93. The van der Waals surface area contributed by atoms with E-state index in [-0.39, 0.29) is 10.7 Å². The van der Waals surface area contributed by atoms with Crippen molar-refractivity contribution in [1.29, 1.82) is 5.26 Å². The van der Waals surface area contributed by atoms with Crippen LogP contribution in [0.1, 0.15) is 78.4 Å². The summed E-state index contributed by atoms with van der Waals surface area (Å²) in [6.45, 7) is 13.4. The summed E-state index contributed by atoms with van der Waals surface area (Å²) in [5, 5.41) is 9.87. The monoisotopic (exact) mass is 282 g/mol. The molecule has 0 heterocycles. The fourth-order valence-corrected chi connectivity index (χ4v) is 2.97. The van der Waals surface area contributed by atoms with E-state index in [0.717, 1.165) is 36.7 Å². The Labute approximate surface area is 132 Å². The maximum Gasteiger partial charge on any atom is 0.160 e. The standard InChI is InChI=1S/C19H29BN/c1-7-13-18(4,5)16-11-10-12-17(15(16)14-21)20-19(6,8-2)9-3/h10-12H,7-9,13H2,1-6H3. The summed E-state index contributed by atoms with van der Waals surface area (Å²) in [6.07, 6.45) is 4.42. The van der Waals surface area contributed by atoms with Crippen molar-refractivity contribution in [2.45, 2.75) is 78.0 Å². The molecule has 0 aliphatic heterocycles. The van der Waals surface area contributed by atoms with Crippen molar-refractivity contribution >= 4 is 12.7 Å². The molecule has 1 nitrogen and oxygen atoms in total. The number of nitrogens with zero attached hydrogens (tertiary/aromatic N) is 1. The molecular formula is C19H29BN. The predicted octanol–water partition coefficient (Wildman–Crippen LogP) is 4.96. The molecule has 1 aromatic carbocycles. The van der Waals surface area contributed by atoms with E-state index in [2.05, 4.69) is 73.1 Å². The molecular weight excluding hydrogens is 253 g/mol. The first kappa shape index (κ1) is 17.8. The Morgan fingerprint density at radius 1 is 1.10 bits per heavy atom. The molecule has 1 radical (unpaired) electrons. The van der Waals surface area contributed by atoms with Gasteiger partial charge in [-0.1, -0.05) is 89.8 Å². The van der Waals surface area contributed by atoms with Crippen molar-refractivity contribution in [1.82, 2.24) is 0 Å². The molecule has 0 bridgehead atoms. The highest BCUT2D eigenvalue weighted by molar-refractivity contribution is 6.57. The van der Waals surface area contributed by atoms with E-state index in [4.69, 9.17) is 0 Å². The predicted molar refractivity (Wildman–Crippen MR) is 93.4 cm³/mol. The lowest BCUT2D eigenvalue weighted by Gasteiger charge is -2.30. The maximum absolute atomic E-state index is 9.70. The zero-order chi connectivity index (χ0) is 16.1. The number of hydrogen-bond donors (Lipinski definition) is 0. The summed E-state index contributed by atoms with van der Waals surface area (Å²) in [6, 6.07) is 8.79. The van der Waals surface area contributed by atoms with Crippen LogP contribution in [-0.4, -0.2) is 7.28 Å². The highest BCUT2D eigenvalue weighted by Crippen LogP contribution is 2.34. The third kappa shape index (κ3) is 4.13. The Hall–Kier alpha value is -1.23. The smallest absolute Gasteiger partial charge is 0.160 e. The molecule has 113 valence electrons. The molecule has 0 saturated carbocycles. The largest absolute Gasteiger partial charge is 0.192 e. The first-order valence-corrected chi connectivity index (χ1v) is 8.23. The van der Waals surface area contributed by atoms with Gasteiger partial charge >= 0.3 is 0 Å². The van der Waals surface area contributed by atoms with E-state index in [1.165, 1.54) is 5.56 Å². The Bertz CT molecular complexity index is 507. The average Bonchev–Trinajstić information content (AvgIpc) is 2.46. The van der Waals surface area contributed by atoms with Gasteiger partial charge in [0.25, 0.3) is 0 Å². The van der Waals surface area contributed by atoms with Crippen molar-refractivity contribution in [2.24, 2.45) is 0 Å². The summed E-state index contributed by atoms with van der Waals surface area (Å²) >= 11 is 0. The fourth-order valence-electron chi connectivity index (χ4n) is 2.97. The van der Waals surface area contributed by atoms with E-state index >= 15 is 0 Å². The fraction of sp³-hybridized carbons (Fsp3) is 0.632. The van der Waals surface area contributed by atoms with Crippen LogP contribution in [0.2, 0.25) is 5.31 Å². The second-order valence-electron chi connectivity index (χ2n) is 7.02. The molecule has 0 aliphatic carbocycles. The first-order valence-electron chi connectivity index (χ1n) is 8.23. The Balaban J connectivity index is 3.29. The van der Waals surface area contributed by atoms with Crippen LogP contribution in [0, 0.1) is 11.3 Å². The van der Waals surface area contributed by atoms with Crippen molar-refractivity contribution in [3.8, 4) is 6.07 Å². The molecule has 21 heavy (non-hydrogen) atoms. The van der Waals surface area contributed by atoms with Crippen LogP contribution in [0.3, 0.4) is 0 Å². The van der Waals surface area contributed by atoms with Crippen LogP contribution in [0.15, 0.2) is 18.2 Å².